The number of nitrogens with zero attached hydrogens (tertiary/aromatic N) is 1. The van der Waals surface area contributed by atoms with Gasteiger partial charge < -0.3 is 15.2 Å². The Kier molecular flexibility index (Phi) is 4.17. The van der Waals surface area contributed by atoms with E-state index in [1.54, 1.807) is 30.2 Å². The predicted molar refractivity (Wildman–Crippen MR) is 72.0 cm³/mol. The summed E-state index contributed by atoms with van der Waals surface area (Å²) < 4.78 is 11.0. The van der Waals surface area contributed by atoms with E-state index in [1.807, 2.05) is 25.1 Å². The molecule has 2 aromatic rings. The van der Waals surface area contributed by atoms with Crippen LogP contribution in [-0.2, 0) is 6.61 Å². The van der Waals surface area contributed by atoms with Crippen LogP contribution in [0.2, 0.25) is 0 Å². The van der Waals surface area contributed by atoms with Gasteiger partial charge in [-0.1, -0.05) is 6.07 Å². The van der Waals surface area contributed by atoms with Crippen LogP contribution in [0.1, 0.15) is 23.4 Å². The molecule has 0 saturated carbocycles. The Hall–Kier alpha value is -1.59. The van der Waals surface area contributed by atoms with E-state index in [2.05, 4.69) is 4.98 Å². The van der Waals surface area contributed by atoms with Gasteiger partial charge in [0.2, 0.25) is 0 Å². The van der Waals surface area contributed by atoms with Crippen molar-refractivity contribution in [2.75, 3.05) is 7.11 Å². The van der Waals surface area contributed by atoms with E-state index in [9.17, 15) is 0 Å². The number of rotatable bonds is 5. The van der Waals surface area contributed by atoms with Crippen LogP contribution < -0.4 is 15.2 Å². The van der Waals surface area contributed by atoms with E-state index < -0.39 is 0 Å². The van der Waals surface area contributed by atoms with Gasteiger partial charge >= 0.3 is 0 Å². The number of hydrogen-bond donors (Lipinski definition) is 1. The molecule has 1 atom stereocenters. The van der Waals surface area contributed by atoms with Crippen molar-refractivity contribution in [3.05, 3.63) is 40.3 Å². The average molecular weight is 264 g/mol. The lowest BCUT2D eigenvalue weighted by atomic mass is 10.1. The molecule has 2 N–H and O–H groups in total. The summed E-state index contributed by atoms with van der Waals surface area (Å²) in [5.74, 6) is 1.42. The van der Waals surface area contributed by atoms with Gasteiger partial charge in [-0.3, -0.25) is 4.98 Å². The highest BCUT2D eigenvalue weighted by molar-refractivity contribution is 7.09. The molecular formula is C13H16N2O2S. The molecule has 1 aromatic heterocycles. The molecule has 0 aliphatic rings. The predicted octanol–water partition coefficient (Wildman–Crippen LogP) is 2.75. The molecule has 0 saturated heterocycles. The number of hydrogen-bond acceptors (Lipinski definition) is 5. The highest BCUT2D eigenvalue weighted by Crippen LogP contribution is 2.30. The van der Waals surface area contributed by atoms with E-state index in [1.165, 1.54) is 0 Å². The number of nitrogens with two attached hydrogens (primary N) is 1. The van der Waals surface area contributed by atoms with Gasteiger partial charge in [0.25, 0.3) is 0 Å². The van der Waals surface area contributed by atoms with Gasteiger partial charge in [-0.15, -0.1) is 11.3 Å². The Balaban J connectivity index is 2.12. The number of benzene rings is 1. The van der Waals surface area contributed by atoms with Crippen LogP contribution >= 0.6 is 11.3 Å². The molecule has 0 radical (unpaired) electrons. The highest BCUT2D eigenvalue weighted by atomic mass is 32.1. The maximum atomic E-state index is 5.84. The second-order valence-electron chi connectivity index (χ2n) is 3.96. The molecule has 0 aliphatic heterocycles. The molecule has 0 aliphatic carbocycles. The SMILES string of the molecule is COc1cc([C@@H](C)N)ccc1OCc1cncs1. The molecule has 5 heteroatoms. The molecule has 4 nitrogen and oxygen atoms in total. The zero-order chi connectivity index (χ0) is 13.0. The zero-order valence-electron chi connectivity index (χ0n) is 10.4. The standard InChI is InChI=1S/C13H16N2O2S/c1-9(14)10-3-4-12(13(5-10)16-2)17-7-11-6-15-8-18-11/h3-6,8-9H,7,14H2,1-2H3/t9-/m1/s1. The fourth-order valence-electron chi connectivity index (χ4n) is 1.55. The summed E-state index contributed by atoms with van der Waals surface area (Å²) in [6.07, 6.45) is 1.80. The summed E-state index contributed by atoms with van der Waals surface area (Å²) in [5.41, 5.74) is 8.65. The lowest BCUT2D eigenvalue weighted by Crippen LogP contribution is -2.05. The van der Waals surface area contributed by atoms with E-state index >= 15 is 0 Å². The van der Waals surface area contributed by atoms with Crippen molar-refractivity contribution in [3.63, 3.8) is 0 Å². The van der Waals surface area contributed by atoms with Crippen molar-refractivity contribution < 1.29 is 9.47 Å². The summed E-state index contributed by atoms with van der Waals surface area (Å²) in [6, 6.07) is 5.73. The van der Waals surface area contributed by atoms with Gasteiger partial charge in [0.1, 0.15) is 6.61 Å². The largest absolute Gasteiger partial charge is 0.493 e. The summed E-state index contributed by atoms with van der Waals surface area (Å²) in [6.45, 7) is 2.44. The van der Waals surface area contributed by atoms with Crippen LogP contribution in [0.25, 0.3) is 0 Å². The second-order valence-corrected chi connectivity index (χ2v) is 4.93. The molecule has 0 spiro atoms. The Labute approximate surface area is 110 Å². The smallest absolute Gasteiger partial charge is 0.161 e. The molecular weight excluding hydrogens is 248 g/mol. The first-order valence-corrected chi connectivity index (χ1v) is 6.52. The minimum atomic E-state index is -0.0190. The first kappa shape index (κ1) is 12.9. The van der Waals surface area contributed by atoms with Gasteiger partial charge in [0, 0.05) is 12.2 Å². The van der Waals surface area contributed by atoms with Crippen molar-refractivity contribution in [1.82, 2.24) is 4.98 Å². The number of ether oxygens (including phenoxy) is 2. The van der Waals surface area contributed by atoms with Crippen LogP contribution in [0.4, 0.5) is 0 Å². The van der Waals surface area contributed by atoms with E-state index in [-0.39, 0.29) is 6.04 Å². The van der Waals surface area contributed by atoms with Gasteiger partial charge in [-0.25, -0.2) is 0 Å². The minimum absolute atomic E-state index is 0.0190. The molecule has 0 amide bonds. The Morgan fingerprint density at radius 1 is 1.39 bits per heavy atom. The summed E-state index contributed by atoms with van der Waals surface area (Å²) in [5, 5.41) is 0. The Morgan fingerprint density at radius 2 is 2.22 bits per heavy atom. The fraction of sp³-hybridized carbons (Fsp3) is 0.308. The lowest BCUT2D eigenvalue weighted by Gasteiger charge is -2.13. The third-order valence-corrected chi connectivity index (χ3v) is 3.32. The molecule has 2 rings (SSSR count). The molecule has 0 unspecified atom stereocenters. The lowest BCUT2D eigenvalue weighted by molar-refractivity contribution is 0.287. The van der Waals surface area contributed by atoms with Crippen molar-refractivity contribution in [2.45, 2.75) is 19.6 Å². The topological polar surface area (TPSA) is 57.4 Å². The number of methoxy groups -OCH3 is 1. The third kappa shape index (κ3) is 3.00. The van der Waals surface area contributed by atoms with Crippen molar-refractivity contribution >= 4 is 11.3 Å². The molecule has 0 bridgehead atoms. The first-order valence-electron chi connectivity index (χ1n) is 5.64. The van der Waals surface area contributed by atoms with E-state index in [4.69, 9.17) is 15.2 Å². The van der Waals surface area contributed by atoms with Crippen molar-refractivity contribution in [3.8, 4) is 11.5 Å². The molecule has 1 heterocycles. The highest BCUT2D eigenvalue weighted by Gasteiger charge is 2.08. The normalized spacial score (nSPS) is 12.2. The van der Waals surface area contributed by atoms with Gasteiger partial charge in [-0.05, 0) is 24.6 Å². The summed E-state index contributed by atoms with van der Waals surface area (Å²) in [7, 11) is 1.62. The quantitative estimate of drug-likeness (QED) is 0.902. The zero-order valence-corrected chi connectivity index (χ0v) is 11.2. The van der Waals surface area contributed by atoms with E-state index in [0.717, 1.165) is 16.2 Å². The van der Waals surface area contributed by atoms with Crippen LogP contribution in [0.15, 0.2) is 29.9 Å². The first-order chi connectivity index (χ1) is 8.70. The Bertz CT molecular complexity index is 498. The van der Waals surface area contributed by atoms with Gasteiger partial charge in [-0.2, -0.15) is 0 Å². The van der Waals surface area contributed by atoms with Gasteiger partial charge in [0.05, 0.1) is 17.5 Å². The molecule has 0 fully saturated rings. The number of aromatic nitrogens is 1. The molecule has 1 aromatic carbocycles. The van der Waals surface area contributed by atoms with E-state index in [0.29, 0.717) is 12.4 Å². The molecule has 18 heavy (non-hydrogen) atoms. The fourth-order valence-corrected chi connectivity index (χ4v) is 2.05. The maximum absolute atomic E-state index is 5.84. The van der Waals surface area contributed by atoms with Crippen LogP contribution in [0.5, 0.6) is 11.5 Å². The van der Waals surface area contributed by atoms with Crippen molar-refractivity contribution in [1.29, 1.82) is 0 Å². The van der Waals surface area contributed by atoms with Crippen molar-refractivity contribution in [2.24, 2.45) is 5.73 Å². The third-order valence-electron chi connectivity index (χ3n) is 2.57. The van der Waals surface area contributed by atoms with Crippen LogP contribution in [-0.4, -0.2) is 12.1 Å². The van der Waals surface area contributed by atoms with Crippen LogP contribution in [0, 0.1) is 0 Å². The Morgan fingerprint density at radius 3 is 2.83 bits per heavy atom. The number of thiazole rings is 1. The monoisotopic (exact) mass is 264 g/mol. The van der Waals surface area contributed by atoms with Gasteiger partial charge in [0.15, 0.2) is 11.5 Å². The summed E-state index contributed by atoms with van der Waals surface area (Å²) in [4.78, 5) is 5.08. The maximum Gasteiger partial charge on any atom is 0.161 e. The second kappa shape index (κ2) is 5.84. The molecule has 96 valence electrons. The van der Waals surface area contributed by atoms with Crippen LogP contribution in [0.3, 0.4) is 0 Å². The minimum Gasteiger partial charge on any atom is -0.493 e. The summed E-state index contributed by atoms with van der Waals surface area (Å²) >= 11 is 1.57. The average Bonchev–Trinajstić information content (AvgIpc) is 2.89.